The summed E-state index contributed by atoms with van der Waals surface area (Å²) in [6, 6.07) is 16.5. The van der Waals surface area contributed by atoms with Gasteiger partial charge in [-0.2, -0.15) is 5.01 Å². The molecule has 3 amide bonds. The average Bonchev–Trinajstić information content (AvgIpc) is 3.82. The van der Waals surface area contributed by atoms with E-state index in [1.54, 1.807) is 24.3 Å². The minimum Gasteiger partial charge on any atom is -0.497 e. The summed E-state index contributed by atoms with van der Waals surface area (Å²) in [7, 11) is 1.49. The van der Waals surface area contributed by atoms with E-state index < -0.39 is 47.9 Å². The van der Waals surface area contributed by atoms with E-state index in [1.165, 1.54) is 49.6 Å². The Balaban J connectivity index is 1.14. The fourth-order valence-electron chi connectivity index (χ4n) is 7.07. The number of Topliss-reactive ketones (excluding diaryl/α,β-unsaturated/α-hetero) is 1. The summed E-state index contributed by atoms with van der Waals surface area (Å²) in [4.78, 5) is 68.0. The molecule has 2 bridgehead atoms. The Labute approximate surface area is 268 Å². The summed E-state index contributed by atoms with van der Waals surface area (Å²) >= 11 is 12.4. The van der Waals surface area contributed by atoms with Crippen LogP contribution in [0, 0.1) is 35.5 Å². The van der Waals surface area contributed by atoms with Crippen molar-refractivity contribution >= 4 is 52.7 Å². The topological polar surface area (TPSA) is 110 Å². The molecule has 9 nitrogen and oxygen atoms in total. The molecule has 0 N–H and O–H groups in total. The highest BCUT2D eigenvalue weighted by Gasteiger charge is 2.68. The minimum absolute atomic E-state index is 0.00640. The largest absolute Gasteiger partial charge is 0.497 e. The molecule has 3 aromatic rings. The Hall–Kier alpha value is -4.47. The fourth-order valence-corrected chi connectivity index (χ4v) is 7.56. The van der Waals surface area contributed by atoms with Crippen LogP contribution < -0.4 is 9.47 Å². The summed E-state index contributed by atoms with van der Waals surface area (Å²) in [5.74, 6) is -2.75. The molecule has 4 aliphatic carbocycles. The summed E-state index contributed by atoms with van der Waals surface area (Å²) in [6.07, 6.45) is 5.05. The van der Waals surface area contributed by atoms with E-state index in [-0.39, 0.29) is 39.3 Å². The number of hydrazine groups is 1. The molecule has 0 spiro atoms. The number of esters is 1. The Morgan fingerprint density at radius 3 is 2.13 bits per heavy atom. The molecular formula is C34H26Cl2N2O7. The molecule has 2 saturated carbocycles. The number of hydrogen-bond donors (Lipinski definition) is 0. The van der Waals surface area contributed by atoms with Crippen molar-refractivity contribution in [2.75, 3.05) is 13.7 Å². The first kappa shape index (κ1) is 29.3. The van der Waals surface area contributed by atoms with E-state index in [9.17, 15) is 24.0 Å². The molecule has 0 aromatic heterocycles. The molecule has 3 aromatic carbocycles. The molecule has 11 heteroatoms. The summed E-state index contributed by atoms with van der Waals surface area (Å²) in [6.45, 7) is -0.604. The highest BCUT2D eigenvalue weighted by atomic mass is 35.5. The van der Waals surface area contributed by atoms with Crippen LogP contribution >= 0.6 is 23.2 Å². The minimum atomic E-state index is -0.778. The van der Waals surface area contributed by atoms with Gasteiger partial charge in [-0.1, -0.05) is 41.4 Å². The number of halogens is 2. The maximum Gasteiger partial charge on any atom is 0.343 e. The number of hydrogen-bond acceptors (Lipinski definition) is 7. The van der Waals surface area contributed by atoms with Gasteiger partial charge in [-0.05, 0) is 90.8 Å². The van der Waals surface area contributed by atoms with Crippen LogP contribution in [-0.4, -0.2) is 53.1 Å². The first-order valence-electron chi connectivity index (χ1n) is 14.5. The molecular weight excluding hydrogens is 619 g/mol. The monoisotopic (exact) mass is 644 g/mol. The van der Waals surface area contributed by atoms with Crippen molar-refractivity contribution in [1.29, 1.82) is 0 Å². The van der Waals surface area contributed by atoms with Crippen LogP contribution in [0.2, 0.25) is 10.0 Å². The number of carbonyl (C=O) groups is 5. The first-order chi connectivity index (χ1) is 21.7. The number of rotatable bonds is 8. The van der Waals surface area contributed by atoms with Crippen LogP contribution in [0.1, 0.15) is 37.5 Å². The average molecular weight is 645 g/mol. The van der Waals surface area contributed by atoms with Gasteiger partial charge in [0.1, 0.15) is 18.0 Å². The van der Waals surface area contributed by atoms with Crippen molar-refractivity contribution < 1.29 is 33.4 Å². The van der Waals surface area contributed by atoms with Gasteiger partial charge in [0.2, 0.25) is 0 Å². The van der Waals surface area contributed by atoms with Gasteiger partial charge < -0.3 is 9.47 Å². The molecule has 0 radical (unpaired) electrons. The third kappa shape index (κ3) is 5.00. The van der Waals surface area contributed by atoms with Gasteiger partial charge in [0.15, 0.2) is 5.78 Å². The van der Waals surface area contributed by atoms with E-state index in [0.717, 1.165) is 16.4 Å². The number of ketones is 1. The van der Waals surface area contributed by atoms with Gasteiger partial charge >= 0.3 is 5.97 Å². The van der Waals surface area contributed by atoms with Crippen LogP contribution in [0.4, 0.5) is 0 Å². The predicted octanol–water partition coefficient (Wildman–Crippen LogP) is 5.51. The van der Waals surface area contributed by atoms with Gasteiger partial charge in [0, 0.05) is 10.6 Å². The second-order valence-electron chi connectivity index (χ2n) is 11.7. The molecule has 3 fully saturated rings. The Morgan fingerprint density at radius 1 is 0.844 bits per heavy atom. The van der Waals surface area contributed by atoms with Crippen LogP contribution in [0.3, 0.4) is 0 Å². The number of benzene rings is 3. The number of carbonyl (C=O) groups excluding carboxylic acids is 5. The Kier molecular flexibility index (Phi) is 7.25. The molecule has 228 valence electrons. The van der Waals surface area contributed by atoms with E-state index in [4.69, 9.17) is 32.7 Å². The molecule has 0 unspecified atom stereocenters. The number of ether oxygens (including phenoxy) is 2. The van der Waals surface area contributed by atoms with Crippen LogP contribution in [-0.2, 0) is 9.59 Å². The molecule has 6 atom stereocenters. The zero-order chi connectivity index (χ0) is 31.6. The van der Waals surface area contributed by atoms with Crippen molar-refractivity contribution in [2.45, 2.75) is 6.42 Å². The number of allylic oxidation sites excluding steroid dienone is 2. The number of nitrogens with zero attached hydrogens (tertiary/aromatic N) is 2. The maximum absolute atomic E-state index is 14.0. The standard InChI is InChI=1S/C34H26Cl2N2O7/c1-44-21-4-2-3-18(13-21)34(43)45-20-8-5-17(6-9-20)28(39)16-37(31(40)24-10-7-19(35)14-27(24)36)38-32(41)29-22-11-12-23(26-15-25(22)26)30(29)33(38)42/h2-14,22-23,25-26,29-30H,15-16H2,1H3/t22-,23-,25-,26-,29-,30+/m0/s1. The SMILES string of the molecule is COc1cccc(C(=O)Oc2ccc(C(=O)CN(C(=O)c3ccc(Cl)cc3Cl)N3C(=O)[C@@H]4[C@H]5C=C[C@@H]([C@@H]6C[C@@H]56)[C@@H]4C3=O)cc2)c1. The van der Waals surface area contributed by atoms with Crippen LogP contribution in [0.25, 0.3) is 0 Å². The Bertz CT molecular complexity index is 1770. The predicted molar refractivity (Wildman–Crippen MR) is 163 cm³/mol. The molecule has 1 aliphatic heterocycles. The van der Waals surface area contributed by atoms with Gasteiger partial charge in [0.05, 0.1) is 35.1 Å². The number of imide groups is 1. The number of amides is 3. The lowest BCUT2D eigenvalue weighted by atomic mass is 9.63. The zero-order valence-electron chi connectivity index (χ0n) is 23.9. The molecule has 5 aliphatic rings. The van der Waals surface area contributed by atoms with E-state index in [0.29, 0.717) is 22.6 Å². The van der Waals surface area contributed by atoms with E-state index >= 15 is 0 Å². The summed E-state index contributed by atoms with van der Waals surface area (Å²) < 4.78 is 10.6. The van der Waals surface area contributed by atoms with Gasteiger partial charge in [-0.3, -0.25) is 19.2 Å². The van der Waals surface area contributed by atoms with Crippen molar-refractivity contribution in [3.63, 3.8) is 0 Å². The molecule has 45 heavy (non-hydrogen) atoms. The van der Waals surface area contributed by atoms with Crippen LogP contribution in [0.15, 0.2) is 78.9 Å². The first-order valence-corrected chi connectivity index (χ1v) is 15.2. The second-order valence-corrected chi connectivity index (χ2v) is 12.5. The van der Waals surface area contributed by atoms with Gasteiger partial charge in [-0.25, -0.2) is 9.80 Å². The normalized spacial score (nSPS) is 25.4. The lowest BCUT2D eigenvalue weighted by Gasteiger charge is -2.37. The smallest absolute Gasteiger partial charge is 0.343 e. The third-order valence-corrected chi connectivity index (χ3v) is 9.81. The molecule has 1 saturated heterocycles. The van der Waals surface area contributed by atoms with Crippen molar-refractivity contribution in [3.8, 4) is 11.5 Å². The van der Waals surface area contributed by atoms with Crippen molar-refractivity contribution in [3.05, 3.63) is 106 Å². The second kappa shape index (κ2) is 11.2. The Morgan fingerprint density at radius 2 is 1.51 bits per heavy atom. The highest BCUT2D eigenvalue weighted by Crippen LogP contribution is 2.65. The van der Waals surface area contributed by atoms with Gasteiger partial charge in [0.25, 0.3) is 17.7 Å². The lowest BCUT2D eigenvalue weighted by molar-refractivity contribution is -0.154. The quantitative estimate of drug-likeness (QED) is 0.104. The van der Waals surface area contributed by atoms with Crippen molar-refractivity contribution in [2.24, 2.45) is 35.5 Å². The van der Waals surface area contributed by atoms with E-state index in [2.05, 4.69) is 0 Å². The van der Waals surface area contributed by atoms with Crippen molar-refractivity contribution in [1.82, 2.24) is 10.0 Å². The fraction of sp³-hybridized carbons (Fsp3) is 0.265. The molecule has 1 heterocycles. The molecule has 8 rings (SSSR count). The number of methoxy groups -OCH3 is 1. The van der Waals surface area contributed by atoms with E-state index in [1.807, 2.05) is 12.2 Å². The zero-order valence-corrected chi connectivity index (χ0v) is 25.4. The lowest BCUT2D eigenvalue weighted by Crippen LogP contribution is -2.52. The summed E-state index contributed by atoms with van der Waals surface area (Å²) in [5, 5.41) is 2.09. The summed E-state index contributed by atoms with van der Waals surface area (Å²) in [5.41, 5.74) is 0.453. The third-order valence-electron chi connectivity index (χ3n) is 9.26. The van der Waals surface area contributed by atoms with Crippen LogP contribution in [0.5, 0.6) is 11.5 Å². The maximum atomic E-state index is 14.0. The van der Waals surface area contributed by atoms with Gasteiger partial charge in [-0.15, -0.1) is 0 Å². The highest BCUT2D eigenvalue weighted by molar-refractivity contribution is 6.36.